The zero-order valence-corrected chi connectivity index (χ0v) is 12.7. The van der Waals surface area contributed by atoms with E-state index in [9.17, 15) is 9.50 Å². The van der Waals surface area contributed by atoms with Crippen molar-refractivity contribution < 1.29 is 9.50 Å². The number of halogens is 1. The van der Waals surface area contributed by atoms with Crippen molar-refractivity contribution in [2.75, 3.05) is 13.2 Å². The molecule has 0 aliphatic heterocycles. The van der Waals surface area contributed by atoms with Crippen molar-refractivity contribution in [2.24, 2.45) is 11.7 Å². The van der Waals surface area contributed by atoms with E-state index in [1.165, 1.54) is 25.0 Å². The molecule has 0 radical (unpaired) electrons. The van der Waals surface area contributed by atoms with Gasteiger partial charge >= 0.3 is 0 Å². The first-order chi connectivity index (χ1) is 9.61. The summed E-state index contributed by atoms with van der Waals surface area (Å²) in [4.78, 5) is 0. The van der Waals surface area contributed by atoms with Gasteiger partial charge in [-0.05, 0) is 30.0 Å². The molecule has 0 saturated carbocycles. The minimum absolute atomic E-state index is 0.0117. The molecule has 1 aromatic rings. The van der Waals surface area contributed by atoms with Gasteiger partial charge in [-0.25, -0.2) is 4.39 Å². The van der Waals surface area contributed by atoms with Gasteiger partial charge in [0.25, 0.3) is 0 Å². The highest BCUT2D eigenvalue weighted by Crippen LogP contribution is 2.33. The highest BCUT2D eigenvalue weighted by Gasteiger charge is 2.32. The maximum Gasteiger partial charge on any atom is 0.123 e. The lowest BCUT2D eigenvalue weighted by atomic mass is 9.72. The second kappa shape index (κ2) is 8.38. The van der Waals surface area contributed by atoms with E-state index in [1.807, 2.05) is 0 Å². The van der Waals surface area contributed by atoms with Gasteiger partial charge in [-0.15, -0.1) is 0 Å². The molecule has 114 valence electrons. The Hall–Kier alpha value is -0.930. The fourth-order valence-electron chi connectivity index (χ4n) is 2.84. The maximum absolute atomic E-state index is 13.1. The molecule has 0 aliphatic rings. The van der Waals surface area contributed by atoms with Gasteiger partial charge in [0, 0.05) is 12.0 Å². The maximum atomic E-state index is 13.1. The number of nitrogens with two attached hydrogens (primary N) is 1. The van der Waals surface area contributed by atoms with Crippen LogP contribution >= 0.6 is 0 Å². The van der Waals surface area contributed by atoms with Crippen LogP contribution in [-0.4, -0.2) is 18.3 Å². The lowest BCUT2D eigenvalue weighted by molar-refractivity contribution is 0.163. The standard InChI is InChI=1S/C17H28FNO/c1-3-5-6-14(4-2)11-17(12-19,13-20)15-7-9-16(18)10-8-15/h7-10,14,20H,3-6,11-13,19H2,1-2H3. The third-order valence-electron chi connectivity index (χ3n) is 4.37. The second-order valence-electron chi connectivity index (χ2n) is 5.77. The van der Waals surface area contributed by atoms with Gasteiger partial charge in [0.2, 0.25) is 0 Å². The van der Waals surface area contributed by atoms with E-state index in [0.717, 1.165) is 24.8 Å². The Morgan fingerprint density at radius 3 is 2.35 bits per heavy atom. The molecule has 1 rings (SSSR count). The predicted octanol–water partition coefficient (Wildman–Crippen LogP) is 3.62. The van der Waals surface area contributed by atoms with Crippen molar-refractivity contribution in [3.8, 4) is 0 Å². The summed E-state index contributed by atoms with van der Waals surface area (Å²) in [5, 5.41) is 9.90. The molecule has 0 fully saturated rings. The molecular weight excluding hydrogens is 253 g/mol. The molecular formula is C17H28FNO. The second-order valence-corrected chi connectivity index (χ2v) is 5.77. The zero-order valence-electron chi connectivity index (χ0n) is 12.7. The van der Waals surface area contributed by atoms with Crippen LogP contribution < -0.4 is 5.73 Å². The van der Waals surface area contributed by atoms with Crippen LogP contribution in [0.4, 0.5) is 4.39 Å². The normalized spacial score (nSPS) is 15.8. The lowest BCUT2D eigenvalue weighted by Crippen LogP contribution is -2.40. The van der Waals surface area contributed by atoms with Crippen LogP contribution in [-0.2, 0) is 5.41 Å². The average Bonchev–Trinajstić information content (AvgIpc) is 2.49. The summed E-state index contributed by atoms with van der Waals surface area (Å²) in [6.07, 6.45) is 5.50. The molecule has 2 nitrogen and oxygen atoms in total. The summed E-state index contributed by atoms with van der Waals surface area (Å²) in [6, 6.07) is 6.40. The Morgan fingerprint density at radius 2 is 1.90 bits per heavy atom. The number of hydrogen-bond acceptors (Lipinski definition) is 2. The van der Waals surface area contributed by atoms with Crippen LogP contribution in [0.3, 0.4) is 0 Å². The molecule has 0 aromatic heterocycles. The summed E-state index contributed by atoms with van der Waals surface area (Å²) in [5.41, 5.74) is 6.47. The number of benzene rings is 1. The predicted molar refractivity (Wildman–Crippen MR) is 82.1 cm³/mol. The Balaban J connectivity index is 2.92. The van der Waals surface area contributed by atoms with Crippen LogP contribution in [0.5, 0.6) is 0 Å². The third-order valence-corrected chi connectivity index (χ3v) is 4.37. The molecule has 2 atom stereocenters. The Kier molecular flexibility index (Phi) is 7.17. The van der Waals surface area contributed by atoms with Gasteiger partial charge < -0.3 is 10.8 Å². The van der Waals surface area contributed by atoms with Gasteiger partial charge in [-0.3, -0.25) is 0 Å². The van der Waals surface area contributed by atoms with E-state index in [2.05, 4.69) is 13.8 Å². The summed E-state index contributed by atoms with van der Waals surface area (Å²) in [6.45, 7) is 4.77. The van der Waals surface area contributed by atoms with Crippen molar-refractivity contribution in [3.05, 3.63) is 35.6 Å². The minimum Gasteiger partial charge on any atom is -0.395 e. The first-order valence-corrected chi connectivity index (χ1v) is 7.68. The molecule has 20 heavy (non-hydrogen) atoms. The molecule has 1 aromatic carbocycles. The highest BCUT2D eigenvalue weighted by molar-refractivity contribution is 5.27. The van der Waals surface area contributed by atoms with Gasteiger partial charge in [0.15, 0.2) is 0 Å². The van der Waals surface area contributed by atoms with Crippen molar-refractivity contribution in [3.63, 3.8) is 0 Å². The molecule has 0 heterocycles. The molecule has 2 unspecified atom stereocenters. The monoisotopic (exact) mass is 281 g/mol. The lowest BCUT2D eigenvalue weighted by Gasteiger charge is -2.34. The van der Waals surface area contributed by atoms with E-state index in [4.69, 9.17) is 5.73 Å². The topological polar surface area (TPSA) is 46.2 Å². The van der Waals surface area contributed by atoms with E-state index in [-0.39, 0.29) is 12.4 Å². The third kappa shape index (κ3) is 4.29. The van der Waals surface area contributed by atoms with E-state index < -0.39 is 5.41 Å². The number of rotatable bonds is 9. The van der Waals surface area contributed by atoms with Crippen LogP contribution in [0.1, 0.15) is 51.5 Å². The summed E-state index contributed by atoms with van der Waals surface area (Å²) in [5.74, 6) is 0.298. The smallest absolute Gasteiger partial charge is 0.123 e. The Labute approximate surface area is 122 Å². The molecule has 0 amide bonds. The summed E-state index contributed by atoms with van der Waals surface area (Å²) in [7, 11) is 0. The van der Waals surface area contributed by atoms with Gasteiger partial charge in [-0.1, -0.05) is 51.7 Å². The van der Waals surface area contributed by atoms with E-state index in [0.29, 0.717) is 12.5 Å². The largest absolute Gasteiger partial charge is 0.395 e. The molecule has 0 spiro atoms. The Bertz CT molecular complexity index is 373. The number of aliphatic hydroxyl groups is 1. The van der Waals surface area contributed by atoms with Crippen molar-refractivity contribution >= 4 is 0 Å². The highest BCUT2D eigenvalue weighted by atomic mass is 19.1. The SMILES string of the molecule is CCCCC(CC)CC(CN)(CO)c1ccc(F)cc1. The number of hydrogen-bond donors (Lipinski definition) is 2. The van der Waals surface area contributed by atoms with Crippen molar-refractivity contribution in [2.45, 2.75) is 51.4 Å². The Morgan fingerprint density at radius 1 is 1.25 bits per heavy atom. The van der Waals surface area contributed by atoms with Crippen LogP contribution in [0.2, 0.25) is 0 Å². The van der Waals surface area contributed by atoms with Gasteiger partial charge in [0.1, 0.15) is 5.82 Å². The van der Waals surface area contributed by atoms with Crippen molar-refractivity contribution in [1.29, 1.82) is 0 Å². The molecule has 0 aliphatic carbocycles. The van der Waals surface area contributed by atoms with Crippen LogP contribution in [0, 0.1) is 11.7 Å². The minimum atomic E-state index is -0.442. The fourth-order valence-corrected chi connectivity index (χ4v) is 2.84. The molecule has 0 bridgehead atoms. The van der Waals surface area contributed by atoms with Crippen LogP contribution in [0.25, 0.3) is 0 Å². The van der Waals surface area contributed by atoms with E-state index >= 15 is 0 Å². The molecule has 0 saturated heterocycles. The quantitative estimate of drug-likeness (QED) is 0.726. The van der Waals surface area contributed by atoms with E-state index in [1.54, 1.807) is 12.1 Å². The number of aliphatic hydroxyl groups excluding tert-OH is 1. The fraction of sp³-hybridized carbons (Fsp3) is 0.647. The summed E-state index contributed by atoms with van der Waals surface area (Å²) >= 11 is 0. The van der Waals surface area contributed by atoms with Crippen molar-refractivity contribution in [1.82, 2.24) is 0 Å². The first-order valence-electron chi connectivity index (χ1n) is 7.68. The van der Waals surface area contributed by atoms with Crippen LogP contribution in [0.15, 0.2) is 24.3 Å². The average molecular weight is 281 g/mol. The number of unbranched alkanes of at least 4 members (excludes halogenated alkanes) is 1. The molecule has 3 N–H and O–H groups in total. The zero-order chi connectivity index (χ0) is 15.0. The van der Waals surface area contributed by atoms with Gasteiger partial charge in [-0.2, -0.15) is 0 Å². The molecule has 3 heteroatoms. The summed E-state index contributed by atoms with van der Waals surface area (Å²) < 4.78 is 13.1. The first kappa shape index (κ1) is 17.1. The van der Waals surface area contributed by atoms with Gasteiger partial charge in [0.05, 0.1) is 6.61 Å².